The van der Waals surface area contributed by atoms with Crippen LogP contribution in [0.3, 0.4) is 0 Å². The van der Waals surface area contributed by atoms with Crippen molar-refractivity contribution in [2.75, 3.05) is 0 Å². The van der Waals surface area contributed by atoms with Crippen molar-refractivity contribution in [3.05, 3.63) is 32.8 Å². The van der Waals surface area contributed by atoms with Gasteiger partial charge >= 0.3 is 0 Å². The van der Waals surface area contributed by atoms with Crippen molar-refractivity contribution >= 4 is 38.9 Å². The maximum absolute atomic E-state index is 6.05. The Morgan fingerprint density at radius 3 is 2.47 bits per heavy atom. The van der Waals surface area contributed by atoms with Crippen LogP contribution in [0, 0.1) is 0 Å². The lowest BCUT2D eigenvalue weighted by Gasteiger charge is -2.18. The summed E-state index contributed by atoms with van der Waals surface area (Å²) < 4.78 is 1.06. The predicted octanol–water partition coefficient (Wildman–Crippen LogP) is 4.92. The van der Waals surface area contributed by atoms with Gasteiger partial charge in [-0.15, -0.1) is 11.3 Å². The molecule has 0 saturated carbocycles. The molecule has 2 nitrogen and oxygen atoms in total. The van der Waals surface area contributed by atoms with E-state index in [0.717, 1.165) is 14.4 Å². The summed E-state index contributed by atoms with van der Waals surface area (Å²) in [7, 11) is 0. The summed E-state index contributed by atoms with van der Waals surface area (Å²) in [6.45, 7) is 6.33. The van der Waals surface area contributed by atoms with Gasteiger partial charge in [0.25, 0.3) is 0 Å². The Morgan fingerprint density at radius 2 is 1.94 bits per heavy atom. The highest BCUT2D eigenvalue weighted by molar-refractivity contribution is 9.11. The Labute approximate surface area is 118 Å². The van der Waals surface area contributed by atoms with E-state index in [0.29, 0.717) is 11.0 Å². The van der Waals surface area contributed by atoms with Crippen LogP contribution in [0.4, 0.5) is 0 Å². The highest BCUT2D eigenvalue weighted by atomic mass is 79.9. The number of aromatic nitrogens is 2. The molecule has 0 N–H and O–H groups in total. The van der Waals surface area contributed by atoms with E-state index >= 15 is 0 Å². The van der Waals surface area contributed by atoms with E-state index in [1.807, 2.05) is 18.2 Å². The maximum Gasteiger partial charge on any atom is 0.171 e. The molecule has 2 rings (SSSR count). The average molecular weight is 332 g/mol. The molecule has 0 saturated heterocycles. The van der Waals surface area contributed by atoms with Gasteiger partial charge in [0.15, 0.2) is 5.82 Å². The molecule has 0 aromatic carbocycles. The third kappa shape index (κ3) is 3.06. The third-order valence-electron chi connectivity index (χ3n) is 2.26. The first-order valence-electron chi connectivity index (χ1n) is 5.17. The van der Waals surface area contributed by atoms with Crippen LogP contribution in [-0.4, -0.2) is 9.97 Å². The second-order valence-corrected chi connectivity index (χ2v) is 7.60. The first-order valence-corrected chi connectivity index (χ1v) is 7.16. The van der Waals surface area contributed by atoms with Crippen LogP contribution < -0.4 is 0 Å². The molecule has 0 aliphatic heterocycles. The summed E-state index contributed by atoms with van der Waals surface area (Å²) in [4.78, 5) is 9.88. The molecule has 2 heterocycles. The number of thiophene rings is 1. The molecule has 5 heteroatoms. The molecule has 17 heavy (non-hydrogen) atoms. The fourth-order valence-corrected chi connectivity index (χ4v) is 2.85. The van der Waals surface area contributed by atoms with Crippen LogP contribution in [0.5, 0.6) is 0 Å². The van der Waals surface area contributed by atoms with Gasteiger partial charge in [-0.05, 0) is 34.1 Å². The smallest absolute Gasteiger partial charge is 0.171 e. The van der Waals surface area contributed by atoms with Crippen molar-refractivity contribution in [1.29, 1.82) is 0 Å². The van der Waals surface area contributed by atoms with Crippen LogP contribution in [0.15, 0.2) is 22.0 Å². The second kappa shape index (κ2) is 4.67. The van der Waals surface area contributed by atoms with Crippen molar-refractivity contribution in [3.63, 3.8) is 0 Å². The van der Waals surface area contributed by atoms with Crippen LogP contribution in [0.2, 0.25) is 5.15 Å². The van der Waals surface area contributed by atoms with Gasteiger partial charge in [-0.3, -0.25) is 0 Å². The molecule has 0 amide bonds. The summed E-state index contributed by atoms with van der Waals surface area (Å²) in [5.41, 5.74) is 0.924. The molecule has 2 aromatic rings. The van der Waals surface area contributed by atoms with E-state index in [1.54, 1.807) is 11.3 Å². The Morgan fingerprint density at radius 1 is 1.24 bits per heavy atom. The van der Waals surface area contributed by atoms with Crippen molar-refractivity contribution in [2.45, 2.75) is 26.2 Å². The van der Waals surface area contributed by atoms with Crippen LogP contribution in [0.1, 0.15) is 26.5 Å². The summed E-state index contributed by atoms with van der Waals surface area (Å²) >= 11 is 11.1. The van der Waals surface area contributed by atoms with Crippen molar-refractivity contribution in [1.82, 2.24) is 9.97 Å². The quantitative estimate of drug-likeness (QED) is 0.693. The van der Waals surface area contributed by atoms with E-state index < -0.39 is 0 Å². The van der Waals surface area contributed by atoms with Gasteiger partial charge in [-0.25, -0.2) is 9.97 Å². The SMILES string of the molecule is CC(C)(C)c1cc(Cl)nc(-c2ccc(Br)s2)n1. The molecule has 90 valence electrons. The van der Waals surface area contributed by atoms with Gasteiger partial charge < -0.3 is 0 Å². The van der Waals surface area contributed by atoms with Crippen LogP contribution in [0.25, 0.3) is 10.7 Å². The highest BCUT2D eigenvalue weighted by Gasteiger charge is 2.18. The minimum absolute atomic E-state index is 0.0319. The summed E-state index contributed by atoms with van der Waals surface area (Å²) in [5.74, 6) is 0.693. The predicted molar refractivity (Wildman–Crippen MR) is 76.8 cm³/mol. The first-order chi connectivity index (χ1) is 7.86. The lowest BCUT2D eigenvalue weighted by Crippen LogP contribution is -2.14. The van der Waals surface area contributed by atoms with Crippen molar-refractivity contribution < 1.29 is 0 Å². The first kappa shape index (κ1) is 13.0. The average Bonchev–Trinajstić information content (AvgIpc) is 2.62. The maximum atomic E-state index is 6.05. The van der Waals surface area contributed by atoms with E-state index in [2.05, 4.69) is 46.7 Å². The number of rotatable bonds is 1. The van der Waals surface area contributed by atoms with Gasteiger partial charge in [-0.2, -0.15) is 0 Å². The molecular formula is C12H12BrClN2S. The minimum atomic E-state index is -0.0319. The molecule has 0 bridgehead atoms. The zero-order chi connectivity index (χ0) is 12.6. The van der Waals surface area contributed by atoms with E-state index in [1.165, 1.54) is 0 Å². The summed E-state index contributed by atoms with van der Waals surface area (Å²) in [6, 6.07) is 5.81. The standard InChI is InChI=1S/C12H12BrClN2S/c1-12(2,3)8-6-10(14)16-11(15-8)7-4-5-9(13)17-7/h4-6H,1-3H3. The molecule has 0 aliphatic rings. The zero-order valence-corrected chi connectivity index (χ0v) is 12.9. The topological polar surface area (TPSA) is 25.8 Å². The summed E-state index contributed by atoms with van der Waals surface area (Å²) in [6.07, 6.45) is 0. The zero-order valence-electron chi connectivity index (χ0n) is 9.79. The number of halogens is 2. The Balaban J connectivity index is 2.52. The molecule has 0 radical (unpaired) electrons. The molecule has 0 aliphatic carbocycles. The monoisotopic (exact) mass is 330 g/mol. The van der Waals surface area contributed by atoms with Crippen molar-refractivity contribution in [2.24, 2.45) is 0 Å². The summed E-state index contributed by atoms with van der Waals surface area (Å²) in [5, 5.41) is 0.490. The molecule has 0 fully saturated rings. The fourth-order valence-electron chi connectivity index (χ4n) is 1.35. The van der Waals surface area contributed by atoms with Gasteiger partial charge in [0.2, 0.25) is 0 Å². The van der Waals surface area contributed by atoms with Crippen LogP contribution >= 0.6 is 38.9 Å². The minimum Gasteiger partial charge on any atom is -0.232 e. The fraction of sp³-hybridized carbons (Fsp3) is 0.333. The molecule has 2 aromatic heterocycles. The molecular weight excluding hydrogens is 320 g/mol. The largest absolute Gasteiger partial charge is 0.232 e. The number of nitrogens with zero attached hydrogens (tertiary/aromatic N) is 2. The third-order valence-corrected chi connectivity index (χ3v) is 4.07. The lowest BCUT2D eigenvalue weighted by molar-refractivity contribution is 0.568. The Bertz CT molecular complexity index is 546. The molecule has 0 unspecified atom stereocenters. The Hall–Kier alpha value is -0.450. The van der Waals surface area contributed by atoms with Gasteiger partial charge in [0.05, 0.1) is 14.4 Å². The van der Waals surface area contributed by atoms with Gasteiger partial charge in [0, 0.05) is 5.41 Å². The second-order valence-electron chi connectivity index (χ2n) is 4.75. The van der Waals surface area contributed by atoms with E-state index in [9.17, 15) is 0 Å². The van der Waals surface area contributed by atoms with E-state index in [4.69, 9.17) is 11.6 Å². The molecule has 0 spiro atoms. The Kier molecular flexibility index (Phi) is 3.57. The van der Waals surface area contributed by atoms with Gasteiger partial charge in [0.1, 0.15) is 5.15 Å². The lowest BCUT2D eigenvalue weighted by atomic mass is 9.92. The van der Waals surface area contributed by atoms with Crippen LogP contribution in [-0.2, 0) is 5.41 Å². The number of hydrogen-bond acceptors (Lipinski definition) is 3. The number of hydrogen-bond donors (Lipinski definition) is 0. The highest BCUT2D eigenvalue weighted by Crippen LogP contribution is 2.31. The van der Waals surface area contributed by atoms with Crippen molar-refractivity contribution in [3.8, 4) is 10.7 Å². The molecule has 0 atom stereocenters. The van der Waals surface area contributed by atoms with E-state index in [-0.39, 0.29) is 5.41 Å². The normalized spacial score (nSPS) is 11.8. The van der Waals surface area contributed by atoms with Gasteiger partial charge in [-0.1, -0.05) is 32.4 Å².